The highest BCUT2D eigenvalue weighted by atomic mass is 127. The van der Waals surface area contributed by atoms with Gasteiger partial charge in [0.05, 0.1) is 11.3 Å². The first kappa shape index (κ1) is 16.1. The predicted molar refractivity (Wildman–Crippen MR) is 89.7 cm³/mol. The van der Waals surface area contributed by atoms with Crippen LogP contribution >= 0.6 is 22.6 Å². The van der Waals surface area contributed by atoms with Crippen molar-refractivity contribution in [1.82, 2.24) is 4.90 Å². The molecule has 0 atom stereocenters. The van der Waals surface area contributed by atoms with Crippen molar-refractivity contribution in [1.29, 1.82) is 0 Å². The first-order valence-corrected chi connectivity index (χ1v) is 8.18. The minimum absolute atomic E-state index is 0.124. The van der Waals surface area contributed by atoms with Crippen molar-refractivity contribution in [3.8, 4) is 0 Å². The average Bonchev–Trinajstić information content (AvgIpc) is 2.49. The normalized spacial score (nSPS) is 15.8. The van der Waals surface area contributed by atoms with Crippen molar-refractivity contribution in [2.75, 3.05) is 18.4 Å². The molecule has 0 aromatic heterocycles. The van der Waals surface area contributed by atoms with Gasteiger partial charge >= 0.3 is 12.0 Å². The number of urea groups is 1. The second-order valence-electron chi connectivity index (χ2n) is 5.26. The third-order valence-corrected chi connectivity index (χ3v) is 4.60. The number of rotatable bonds is 3. The number of likely N-dealkylation sites (tertiary alicyclic amines) is 1. The van der Waals surface area contributed by atoms with Gasteiger partial charge in [-0.3, -0.25) is 0 Å². The van der Waals surface area contributed by atoms with Gasteiger partial charge in [0.1, 0.15) is 0 Å². The molecule has 0 spiro atoms. The molecular weight excluding hydrogens is 383 g/mol. The fraction of sp³-hybridized carbons (Fsp3) is 0.467. The van der Waals surface area contributed by atoms with Gasteiger partial charge in [-0.05, 0) is 59.5 Å². The van der Waals surface area contributed by atoms with Crippen LogP contribution in [0.2, 0.25) is 0 Å². The summed E-state index contributed by atoms with van der Waals surface area (Å²) in [6.45, 7) is 3.64. The van der Waals surface area contributed by atoms with E-state index in [-0.39, 0.29) is 11.6 Å². The largest absolute Gasteiger partial charge is 0.478 e. The van der Waals surface area contributed by atoms with Crippen LogP contribution in [0.3, 0.4) is 0 Å². The molecule has 6 heteroatoms. The number of amides is 2. The minimum atomic E-state index is -1.03. The fourth-order valence-electron chi connectivity index (χ4n) is 2.54. The summed E-state index contributed by atoms with van der Waals surface area (Å²) in [7, 11) is 0. The number of carboxylic acids is 1. The number of carboxylic acid groups (broad SMARTS) is 1. The van der Waals surface area contributed by atoms with Gasteiger partial charge in [0, 0.05) is 16.7 Å². The Balaban J connectivity index is 2.05. The number of benzene rings is 1. The van der Waals surface area contributed by atoms with E-state index in [0.717, 1.165) is 35.9 Å². The van der Waals surface area contributed by atoms with Crippen LogP contribution < -0.4 is 5.32 Å². The van der Waals surface area contributed by atoms with Crippen LogP contribution in [-0.4, -0.2) is 35.1 Å². The first-order valence-electron chi connectivity index (χ1n) is 7.10. The summed E-state index contributed by atoms with van der Waals surface area (Å²) in [4.78, 5) is 25.2. The zero-order valence-corrected chi connectivity index (χ0v) is 14.1. The van der Waals surface area contributed by atoms with Crippen LogP contribution in [0.4, 0.5) is 10.5 Å². The molecule has 1 aromatic rings. The van der Waals surface area contributed by atoms with Crippen LogP contribution in [0.1, 0.15) is 36.5 Å². The summed E-state index contributed by atoms with van der Waals surface area (Å²) in [5, 5.41) is 11.9. The Morgan fingerprint density at radius 3 is 2.62 bits per heavy atom. The Hall–Kier alpha value is -1.31. The molecule has 1 aliphatic heterocycles. The van der Waals surface area contributed by atoms with E-state index in [2.05, 4.69) is 34.8 Å². The predicted octanol–water partition coefficient (Wildman–Crippen LogP) is 3.64. The fourth-order valence-corrected chi connectivity index (χ4v) is 3.03. The number of anilines is 1. The van der Waals surface area contributed by atoms with Crippen LogP contribution in [0, 0.1) is 9.49 Å². The van der Waals surface area contributed by atoms with Gasteiger partial charge in [0.2, 0.25) is 0 Å². The molecule has 1 saturated heterocycles. The Bertz CT molecular complexity index is 540. The average molecular weight is 402 g/mol. The molecule has 2 amide bonds. The molecule has 0 unspecified atom stereocenters. The van der Waals surface area contributed by atoms with E-state index < -0.39 is 5.97 Å². The molecule has 0 bridgehead atoms. The van der Waals surface area contributed by atoms with E-state index in [4.69, 9.17) is 0 Å². The zero-order chi connectivity index (χ0) is 15.4. The third-order valence-electron chi connectivity index (χ3n) is 3.93. The van der Waals surface area contributed by atoms with Gasteiger partial charge in [-0.2, -0.15) is 0 Å². The molecule has 0 saturated carbocycles. The van der Waals surface area contributed by atoms with Crippen molar-refractivity contribution in [2.24, 2.45) is 5.92 Å². The topological polar surface area (TPSA) is 69.6 Å². The Morgan fingerprint density at radius 2 is 2.05 bits per heavy atom. The number of nitrogens with one attached hydrogen (secondary N) is 1. The van der Waals surface area contributed by atoms with E-state index >= 15 is 0 Å². The van der Waals surface area contributed by atoms with Crippen LogP contribution in [0.15, 0.2) is 18.2 Å². The number of piperidine rings is 1. The standard InChI is InChI=1S/C15H19IN2O3/c1-2-10-5-7-18(8-6-10)15(21)17-13-4-3-11(16)9-12(13)14(19)20/h3-4,9-10H,2,5-8H2,1H3,(H,17,21)(H,19,20). The number of aromatic carboxylic acids is 1. The van der Waals surface area contributed by atoms with Crippen LogP contribution in [-0.2, 0) is 0 Å². The van der Waals surface area contributed by atoms with Crippen molar-refractivity contribution < 1.29 is 14.7 Å². The zero-order valence-electron chi connectivity index (χ0n) is 11.9. The highest BCUT2D eigenvalue weighted by Gasteiger charge is 2.22. The van der Waals surface area contributed by atoms with E-state index in [9.17, 15) is 14.7 Å². The van der Waals surface area contributed by atoms with E-state index in [0.29, 0.717) is 11.6 Å². The number of hydrogen-bond acceptors (Lipinski definition) is 2. The molecule has 1 heterocycles. The van der Waals surface area contributed by atoms with Gasteiger partial charge in [-0.15, -0.1) is 0 Å². The quantitative estimate of drug-likeness (QED) is 0.759. The van der Waals surface area contributed by atoms with Gasteiger partial charge in [0.15, 0.2) is 0 Å². The molecule has 114 valence electrons. The number of halogens is 1. The first-order chi connectivity index (χ1) is 10.0. The number of carbonyl (C=O) groups is 2. The van der Waals surface area contributed by atoms with Gasteiger partial charge < -0.3 is 15.3 Å². The number of nitrogens with zero attached hydrogens (tertiary/aromatic N) is 1. The van der Waals surface area contributed by atoms with Crippen molar-refractivity contribution in [3.05, 3.63) is 27.3 Å². The molecule has 1 fully saturated rings. The third kappa shape index (κ3) is 4.09. The maximum absolute atomic E-state index is 12.2. The summed E-state index contributed by atoms with van der Waals surface area (Å²) < 4.78 is 0.826. The van der Waals surface area contributed by atoms with Crippen molar-refractivity contribution in [3.63, 3.8) is 0 Å². The molecule has 2 N–H and O–H groups in total. The smallest absolute Gasteiger partial charge is 0.337 e. The van der Waals surface area contributed by atoms with E-state index in [1.54, 1.807) is 23.1 Å². The Kier molecular flexibility index (Phi) is 5.44. The van der Waals surface area contributed by atoms with E-state index in [1.165, 1.54) is 0 Å². The Morgan fingerprint density at radius 1 is 1.38 bits per heavy atom. The number of hydrogen-bond donors (Lipinski definition) is 2. The second-order valence-corrected chi connectivity index (χ2v) is 6.51. The lowest BCUT2D eigenvalue weighted by molar-refractivity contribution is 0.0698. The lowest BCUT2D eigenvalue weighted by Crippen LogP contribution is -2.41. The number of carbonyl (C=O) groups excluding carboxylic acids is 1. The van der Waals surface area contributed by atoms with Gasteiger partial charge in [-0.25, -0.2) is 9.59 Å². The lowest BCUT2D eigenvalue weighted by atomic mass is 9.95. The minimum Gasteiger partial charge on any atom is -0.478 e. The molecule has 1 aromatic carbocycles. The summed E-state index contributed by atoms with van der Waals surface area (Å²) >= 11 is 2.05. The molecule has 5 nitrogen and oxygen atoms in total. The Labute approximate surface area is 137 Å². The van der Waals surface area contributed by atoms with Crippen molar-refractivity contribution >= 4 is 40.3 Å². The maximum atomic E-state index is 12.2. The summed E-state index contributed by atoms with van der Waals surface area (Å²) in [5.74, 6) is -0.338. The lowest BCUT2D eigenvalue weighted by Gasteiger charge is -2.31. The van der Waals surface area contributed by atoms with Gasteiger partial charge in [0.25, 0.3) is 0 Å². The summed E-state index contributed by atoms with van der Waals surface area (Å²) in [5.41, 5.74) is 0.476. The van der Waals surface area contributed by atoms with Crippen molar-refractivity contribution in [2.45, 2.75) is 26.2 Å². The molecular formula is C15H19IN2O3. The molecule has 1 aliphatic rings. The highest BCUT2D eigenvalue weighted by molar-refractivity contribution is 14.1. The molecule has 0 radical (unpaired) electrons. The van der Waals surface area contributed by atoms with E-state index in [1.807, 2.05) is 0 Å². The van der Waals surface area contributed by atoms with Crippen LogP contribution in [0.5, 0.6) is 0 Å². The SMILES string of the molecule is CCC1CCN(C(=O)Nc2ccc(I)cc2C(=O)O)CC1. The second kappa shape index (κ2) is 7.11. The molecule has 21 heavy (non-hydrogen) atoms. The summed E-state index contributed by atoms with van der Waals surface area (Å²) in [6, 6.07) is 4.77. The molecule has 2 rings (SSSR count). The summed E-state index contributed by atoms with van der Waals surface area (Å²) in [6.07, 6.45) is 3.18. The maximum Gasteiger partial charge on any atom is 0.337 e. The highest BCUT2D eigenvalue weighted by Crippen LogP contribution is 2.22. The van der Waals surface area contributed by atoms with Gasteiger partial charge in [-0.1, -0.05) is 13.3 Å². The molecule has 0 aliphatic carbocycles. The monoisotopic (exact) mass is 402 g/mol. The van der Waals surface area contributed by atoms with Crippen LogP contribution in [0.25, 0.3) is 0 Å².